The number of ether oxygens (including phenoxy) is 2. The normalized spacial score (nSPS) is 18.3. The van der Waals surface area contributed by atoms with Gasteiger partial charge < -0.3 is 25.0 Å². The van der Waals surface area contributed by atoms with Gasteiger partial charge >= 0.3 is 0 Å². The molecule has 18 heavy (non-hydrogen) atoms. The molecule has 1 fully saturated rings. The van der Waals surface area contributed by atoms with Crippen LogP contribution in [0.3, 0.4) is 0 Å². The first-order chi connectivity index (χ1) is 8.86. The zero-order chi connectivity index (χ0) is 13.1. The van der Waals surface area contributed by atoms with Gasteiger partial charge in [-0.1, -0.05) is 6.92 Å². The van der Waals surface area contributed by atoms with Crippen molar-refractivity contribution in [3.8, 4) is 0 Å². The molecule has 0 aromatic carbocycles. The molecule has 0 atom stereocenters. The fraction of sp³-hybridized carbons (Fsp3) is 1.00. The number of piperazine rings is 1. The largest absolute Gasteiger partial charge is 0.379 e. The molecular weight excluding hydrogens is 230 g/mol. The second-order valence-electron chi connectivity index (χ2n) is 4.71. The molecule has 3 N–H and O–H groups in total. The Labute approximate surface area is 111 Å². The van der Waals surface area contributed by atoms with Gasteiger partial charge in [-0.25, -0.2) is 0 Å². The van der Waals surface area contributed by atoms with Crippen molar-refractivity contribution in [2.45, 2.75) is 13.3 Å². The molecule has 1 aliphatic heterocycles. The lowest BCUT2D eigenvalue weighted by atomic mass is 10.3. The molecule has 0 unspecified atom stereocenters. The first kappa shape index (κ1) is 15.9. The lowest BCUT2D eigenvalue weighted by Crippen LogP contribution is -2.52. The average Bonchev–Trinajstić information content (AvgIpc) is 2.42. The second kappa shape index (κ2) is 10.7. The highest BCUT2D eigenvalue weighted by atomic mass is 16.5. The summed E-state index contributed by atoms with van der Waals surface area (Å²) >= 11 is 0. The van der Waals surface area contributed by atoms with Crippen LogP contribution in [0.2, 0.25) is 0 Å². The van der Waals surface area contributed by atoms with E-state index in [0.29, 0.717) is 13.2 Å². The standard InChI is InChI=1S/C13H29N3O2/c1-2-15-6-8-16(9-7-15)5-3-10-17-12-13-18-11-4-14/h2-14H2,1H3/p+1. The van der Waals surface area contributed by atoms with Gasteiger partial charge in [-0.05, 0) is 13.0 Å². The molecule has 1 heterocycles. The molecule has 0 saturated carbocycles. The third-order valence-corrected chi connectivity index (χ3v) is 3.34. The van der Waals surface area contributed by atoms with Crippen LogP contribution in [0, 0.1) is 0 Å². The van der Waals surface area contributed by atoms with E-state index in [4.69, 9.17) is 9.47 Å². The molecule has 5 heteroatoms. The predicted octanol–water partition coefficient (Wildman–Crippen LogP) is -0.711. The van der Waals surface area contributed by atoms with E-state index in [9.17, 15) is 0 Å². The lowest BCUT2D eigenvalue weighted by molar-refractivity contribution is -0.374. The minimum absolute atomic E-state index is 0.699. The van der Waals surface area contributed by atoms with Crippen molar-refractivity contribution in [2.75, 3.05) is 72.2 Å². The molecule has 0 aromatic heterocycles. The van der Waals surface area contributed by atoms with E-state index < -0.39 is 0 Å². The average molecular weight is 260 g/mol. The summed E-state index contributed by atoms with van der Waals surface area (Å²) in [6.45, 7) is 13.3. The van der Waals surface area contributed by atoms with Crippen molar-refractivity contribution in [3.05, 3.63) is 0 Å². The highest BCUT2D eigenvalue weighted by molar-refractivity contribution is 4.70. The summed E-state index contributed by atoms with van der Waals surface area (Å²) in [6.07, 6.45) is 1.13. The fourth-order valence-corrected chi connectivity index (χ4v) is 2.14. The zero-order valence-electron chi connectivity index (χ0n) is 11.9. The molecular formula is C13H30N3O2+. The molecule has 0 spiro atoms. The van der Waals surface area contributed by atoms with Crippen molar-refractivity contribution >= 4 is 0 Å². The van der Waals surface area contributed by atoms with Crippen LogP contribution in [-0.2, 0) is 9.47 Å². The third kappa shape index (κ3) is 7.28. The summed E-state index contributed by atoms with van der Waals surface area (Å²) in [6, 6.07) is 0. The van der Waals surface area contributed by atoms with Crippen LogP contribution in [0.25, 0.3) is 0 Å². The van der Waals surface area contributed by atoms with Crippen LogP contribution >= 0.6 is 0 Å². The van der Waals surface area contributed by atoms with Crippen molar-refractivity contribution in [2.24, 2.45) is 0 Å². The number of quaternary nitrogens is 1. The Morgan fingerprint density at radius 2 is 1.50 bits per heavy atom. The summed E-state index contributed by atoms with van der Waals surface area (Å²) in [7, 11) is 0. The van der Waals surface area contributed by atoms with Crippen LogP contribution in [-0.4, -0.2) is 82.0 Å². The first-order valence-electron chi connectivity index (χ1n) is 7.26. The van der Waals surface area contributed by atoms with Crippen molar-refractivity contribution in [1.82, 2.24) is 9.80 Å². The number of hydrogen-bond donors (Lipinski definition) is 1. The highest BCUT2D eigenvalue weighted by Crippen LogP contribution is 2.01. The minimum atomic E-state index is 0.699. The molecule has 1 rings (SSSR count). The van der Waals surface area contributed by atoms with Gasteiger partial charge in [-0.15, -0.1) is 0 Å². The van der Waals surface area contributed by atoms with Gasteiger partial charge in [-0.2, -0.15) is 0 Å². The first-order valence-corrected chi connectivity index (χ1v) is 7.26. The predicted molar refractivity (Wildman–Crippen MR) is 72.6 cm³/mol. The van der Waals surface area contributed by atoms with E-state index in [2.05, 4.69) is 22.5 Å². The topological polar surface area (TPSA) is 52.6 Å². The Kier molecular flexibility index (Phi) is 9.42. The molecule has 1 saturated heterocycles. The van der Waals surface area contributed by atoms with Gasteiger partial charge in [0.05, 0.1) is 26.4 Å². The van der Waals surface area contributed by atoms with Gasteiger partial charge in [0.15, 0.2) is 0 Å². The van der Waals surface area contributed by atoms with Gasteiger partial charge in [0, 0.05) is 39.3 Å². The zero-order valence-corrected chi connectivity index (χ0v) is 11.9. The summed E-state index contributed by atoms with van der Waals surface area (Å²) in [5, 5.41) is 0. The van der Waals surface area contributed by atoms with Crippen LogP contribution in [0.4, 0.5) is 0 Å². The van der Waals surface area contributed by atoms with Crippen molar-refractivity contribution in [3.63, 3.8) is 0 Å². The highest BCUT2D eigenvalue weighted by Gasteiger charge is 2.14. The van der Waals surface area contributed by atoms with E-state index in [-0.39, 0.29) is 0 Å². The summed E-state index contributed by atoms with van der Waals surface area (Å²) in [5.74, 6) is 0. The Morgan fingerprint density at radius 1 is 0.889 bits per heavy atom. The maximum absolute atomic E-state index is 5.53. The monoisotopic (exact) mass is 260 g/mol. The van der Waals surface area contributed by atoms with Crippen LogP contribution < -0.4 is 5.73 Å². The van der Waals surface area contributed by atoms with Crippen LogP contribution in [0.1, 0.15) is 13.3 Å². The van der Waals surface area contributed by atoms with E-state index in [1.54, 1.807) is 0 Å². The quantitative estimate of drug-likeness (QED) is 0.527. The van der Waals surface area contributed by atoms with Crippen molar-refractivity contribution < 1.29 is 15.2 Å². The maximum Gasteiger partial charge on any atom is 0.0977 e. The molecule has 0 aromatic rings. The van der Waals surface area contributed by atoms with Crippen LogP contribution in [0.5, 0.6) is 0 Å². The Morgan fingerprint density at radius 3 is 2.11 bits per heavy atom. The van der Waals surface area contributed by atoms with E-state index >= 15 is 0 Å². The van der Waals surface area contributed by atoms with Gasteiger partial charge in [-0.3, -0.25) is 0 Å². The minimum Gasteiger partial charge on any atom is -0.379 e. The van der Waals surface area contributed by atoms with Gasteiger partial charge in [0.2, 0.25) is 0 Å². The fourth-order valence-electron chi connectivity index (χ4n) is 2.14. The summed E-state index contributed by atoms with van der Waals surface area (Å²) in [5.41, 5.74) is 3.72. The third-order valence-electron chi connectivity index (χ3n) is 3.34. The number of nitrogens with zero attached hydrogens (tertiary/aromatic N) is 2. The smallest absolute Gasteiger partial charge is 0.0977 e. The van der Waals surface area contributed by atoms with Gasteiger partial charge in [0.1, 0.15) is 0 Å². The maximum atomic E-state index is 5.53. The number of likely N-dealkylation sites (N-methyl/N-ethyl adjacent to an activating group) is 1. The summed E-state index contributed by atoms with van der Waals surface area (Å²) in [4.78, 5) is 5.04. The Bertz CT molecular complexity index is 185. The number of rotatable bonds is 10. The Hall–Kier alpha value is -0.200. The molecule has 1 aliphatic rings. The lowest BCUT2D eigenvalue weighted by Gasteiger charge is -2.33. The molecule has 5 nitrogen and oxygen atoms in total. The molecule has 0 amide bonds. The van der Waals surface area contributed by atoms with E-state index in [0.717, 1.165) is 32.7 Å². The van der Waals surface area contributed by atoms with Crippen molar-refractivity contribution in [1.29, 1.82) is 0 Å². The van der Waals surface area contributed by atoms with E-state index in [1.807, 2.05) is 0 Å². The summed E-state index contributed by atoms with van der Waals surface area (Å²) < 4.78 is 10.8. The molecule has 108 valence electrons. The van der Waals surface area contributed by atoms with Crippen LogP contribution in [0.15, 0.2) is 0 Å². The number of hydrogen-bond acceptors (Lipinski definition) is 4. The van der Waals surface area contributed by atoms with E-state index in [1.165, 1.54) is 32.7 Å². The Balaban J connectivity index is 1.84. The second-order valence-corrected chi connectivity index (χ2v) is 4.71. The molecule has 0 aliphatic carbocycles. The molecule has 0 radical (unpaired) electrons. The molecule has 0 bridgehead atoms. The SMILES string of the molecule is CCN1CCN(CCCOCCOCC[NH3+])CC1. The van der Waals surface area contributed by atoms with Gasteiger partial charge in [0.25, 0.3) is 0 Å².